The van der Waals surface area contributed by atoms with Crippen molar-refractivity contribution in [2.75, 3.05) is 11.1 Å². The molecule has 0 amide bonds. The van der Waals surface area contributed by atoms with Gasteiger partial charge in [-0.3, -0.25) is 0 Å². The third kappa shape index (κ3) is 2.67. The molecule has 15 heavy (non-hydrogen) atoms. The first-order chi connectivity index (χ1) is 7.34. The number of nitrogens with one attached hydrogen (secondary N) is 1. The Morgan fingerprint density at radius 1 is 1.27 bits per heavy atom. The third-order valence-electron chi connectivity index (χ3n) is 2.00. The highest BCUT2D eigenvalue weighted by atomic mass is 14.9. The molecule has 1 heterocycles. The fourth-order valence-electron chi connectivity index (χ4n) is 1.26. The maximum Gasteiger partial charge on any atom is 0.115 e. The van der Waals surface area contributed by atoms with E-state index in [9.17, 15) is 0 Å². The topological polar surface area (TPSA) is 63.8 Å². The summed E-state index contributed by atoms with van der Waals surface area (Å²) < 4.78 is 0. The van der Waals surface area contributed by atoms with Crippen molar-refractivity contribution >= 4 is 11.4 Å². The molecule has 0 aliphatic carbocycles. The lowest BCUT2D eigenvalue weighted by Crippen LogP contribution is -2.01. The maximum absolute atomic E-state index is 5.66. The van der Waals surface area contributed by atoms with E-state index in [1.807, 2.05) is 30.3 Å². The molecule has 1 aromatic heterocycles. The lowest BCUT2D eigenvalue weighted by atomic mass is 10.3. The summed E-state index contributed by atoms with van der Waals surface area (Å²) in [5.74, 6) is 0. The minimum absolute atomic E-state index is 0.673. The van der Waals surface area contributed by atoms with Crippen LogP contribution in [0.5, 0.6) is 0 Å². The number of nitrogens with zero attached hydrogens (tertiary/aromatic N) is 2. The Morgan fingerprint density at radius 3 is 2.93 bits per heavy atom. The molecule has 76 valence electrons. The number of nitrogen functional groups attached to an aromatic ring is 1. The molecule has 0 spiro atoms. The van der Waals surface area contributed by atoms with Crippen molar-refractivity contribution < 1.29 is 0 Å². The highest BCUT2D eigenvalue weighted by molar-refractivity contribution is 5.54. The molecule has 0 atom stereocenters. The van der Waals surface area contributed by atoms with E-state index in [4.69, 9.17) is 5.73 Å². The second-order valence-corrected chi connectivity index (χ2v) is 3.18. The van der Waals surface area contributed by atoms with Crippen LogP contribution in [-0.2, 0) is 6.54 Å². The van der Waals surface area contributed by atoms with E-state index in [0.717, 1.165) is 17.1 Å². The lowest BCUT2D eigenvalue weighted by Gasteiger charge is -2.05. The number of nitrogens with two attached hydrogens (primary N) is 1. The first-order valence-electron chi connectivity index (χ1n) is 4.69. The second kappa shape index (κ2) is 4.41. The highest BCUT2D eigenvalue weighted by Crippen LogP contribution is 2.12. The molecule has 0 saturated heterocycles. The predicted octanol–water partition coefficient (Wildman–Crippen LogP) is 1.67. The molecule has 0 aliphatic heterocycles. The Bertz CT molecular complexity index is 428. The second-order valence-electron chi connectivity index (χ2n) is 3.18. The standard InChI is InChI=1S/C11H12N4/c12-9-2-1-3-10(6-9)14-7-11-4-5-13-8-15-11/h1-6,8,14H,7,12H2. The van der Waals surface area contributed by atoms with Gasteiger partial charge in [0.2, 0.25) is 0 Å². The van der Waals surface area contributed by atoms with Gasteiger partial charge >= 0.3 is 0 Å². The molecular formula is C11H12N4. The number of rotatable bonds is 3. The summed E-state index contributed by atoms with van der Waals surface area (Å²) in [4.78, 5) is 7.97. The van der Waals surface area contributed by atoms with Crippen molar-refractivity contribution in [3.63, 3.8) is 0 Å². The van der Waals surface area contributed by atoms with Crippen molar-refractivity contribution in [3.05, 3.63) is 48.5 Å². The number of anilines is 2. The fraction of sp³-hybridized carbons (Fsp3) is 0.0909. The van der Waals surface area contributed by atoms with Crippen LogP contribution in [0.1, 0.15) is 5.69 Å². The molecule has 1 aromatic carbocycles. The number of benzene rings is 1. The van der Waals surface area contributed by atoms with Crippen molar-refractivity contribution in [2.24, 2.45) is 0 Å². The quantitative estimate of drug-likeness (QED) is 0.740. The SMILES string of the molecule is Nc1cccc(NCc2ccncn2)c1. The van der Waals surface area contributed by atoms with Crippen LogP contribution >= 0.6 is 0 Å². The van der Waals surface area contributed by atoms with Gasteiger partial charge in [0.05, 0.1) is 12.2 Å². The maximum atomic E-state index is 5.66. The van der Waals surface area contributed by atoms with Crippen molar-refractivity contribution in [3.8, 4) is 0 Å². The van der Waals surface area contributed by atoms with Crippen LogP contribution in [-0.4, -0.2) is 9.97 Å². The van der Waals surface area contributed by atoms with Crippen molar-refractivity contribution in [1.29, 1.82) is 0 Å². The van der Waals surface area contributed by atoms with Crippen molar-refractivity contribution in [1.82, 2.24) is 9.97 Å². The summed E-state index contributed by atoms with van der Waals surface area (Å²) in [7, 11) is 0. The summed E-state index contributed by atoms with van der Waals surface area (Å²) >= 11 is 0. The van der Waals surface area contributed by atoms with Crippen molar-refractivity contribution in [2.45, 2.75) is 6.54 Å². The summed E-state index contributed by atoms with van der Waals surface area (Å²) in [5, 5.41) is 3.23. The van der Waals surface area contributed by atoms with E-state index < -0.39 is 0 Å². The number of hydrogen-bond acceptors (Lipinski definition) is 4. The third-order valence-corrected chi connectivity index (χ3v) is 2.00. The Hall–Kier alpha value is -2.10. The van der Waals surface area contributed by atoms with Gasteiger partial charge in [-0.2, -0.15) is 0 Å². The minimum Gasteiger partial charge on any atom is -0.399 e. The summed E-state index contributed by atoms with van der Waals surface area (Å²) in [6.07, 6.45) is 3.26. The predicted molar refractivity (Wildman–Crippen MR) is 60.2 cm³/mol. The van der Waals surface area contributed by atoms with Gasteiger partial charge in [0.1, 0.15) is 6.33 Å². The zero-order valence-corrected chi connectivity index (χ0v) is 8.22. The summed E-state index contributed by atoms with van der Waals surface area (Å²) in [6.45, 7) is 0.673. The largest absolute Gasteiger partial charge is 0.399 e. The van der Waals surface area contributed by atoms with E-state index in [1.165, 1.54) is 6.33 Å². The van der Waals surface area contributed by atoms with Gasteiger partial charge in [0.25, 0.3) is 0 Å². The number of hydrogen-bond donors (Lipinski definition) is 2. The zero-order chi connectivity index (χ0) is 10.5. The molecular weight excluding hydrogens is 188 g/mol. The average Bonchev–Trinajstić information content (AvgIpc) is 2.28. The average molecular weight is 200 g/mol. The molecule has 0 radical (unpaired) electrons. The Labute approximate surface area is 88.2 Å². The first-order valence-corrected chi connectivity index (χ1v) is 4.69. The molecule has 0 aliphatic rings. The van der Waals surface area contributed by atoms with Crippen LogP contribution in [0, 0.1) is 0 Å². The molecule has 3 N–H and O–H groups in total. The van der Waals surface area contributed by atoms with E-state index in [-0.39, 0.29) is 0 Å². The van der Waals surface area contributed by atoms with Gasteiger partial charge in [-0.1, -0.05) is 6.07 Å². The summed E-state index contributed by atoms with van der Waals surface area (Å²) in [5.41, 5.74) is 8.36. The zero-order valence-electron chi connectivity index (χ0n) is 8.22. The molecule has 4 nitrogen and oxygen atoms in total. The number of aromatic nitrogens is 2. The van der Waals surface area contributed by atoms with Crippen LogP contribution in [0.3, 0.4) is 0 Å². The molecule has 2 aromatic rings. The van der Waals surface area contributed by atoms with Crippen LogP contribution < -0.4 is 11.1 Å². The Kier molecular flexibility index (Phi) is 2.78. The monoisotopic (exact) mass is 200 g/mol. The van der Waals surface area contributed by atoms with Crippen LogP contribution in [0.15, 0.2) is 42.9 Å². The van der Waals surface area contributed by atoms with E-state index in [0.29, 0.717) is 6.54 Å². The first kappa shape index (κ1) is 9.45. The summed E-state index contributed by atoms with van der Waals surface area (Å²) in [6, 6.07) is 9.51. The Morgan fingerprint density at radius 2 is 2.20 bits per heavy atom. The van der Waals surface area contributed by atoms with E-state index in [1.54, 1.807) is 6.20 Å². The van der Waals surface area contributed by atoms with Crippen LogP contribution in [0.25, 0.3) is 0 Å². The Balaban J connectivity index is 1.99. The highest BCUT2D eigenvalue weighted by Gasteiger charge is 1.94. The molecule has 4 heteroatoms. The van der Waals surface area contributed by atoms with Gasteiger partial charge in [-0.05, 0) is 24.3 Å². The molecule has 0 saturated carbocycles. The smallest absolute Gasteiger partial charge is 0.115 e. The van der Waals surface area contributed by atoms with Gasteiger partial charge in [-0.25, -0.2) is 9.97 Å². The molecule has 0 bridgehead atoms. The van der Waals surface area contributed by atoms with Crippen LogP contribution in [0.2, 0.25) is 0 Å². The van der Waals surface area contributed by atoms with E-state index in [2.05, 4.69) is 15.3 Å². The van der Waals surface area contributed by atoms with Gasteiger partial charge < -0.3 is 11.1 Å². The fourth-order valence-corrected chi connectivity index (χ4v) is 1.26. The van der Waals surface area contributed by atoms with Gasteiger partial charge in [0, 0.05) is 17.6 Å². The van der Waals surface area contributed by atoms with Crippen LogP contribution in [0.4, 0.5) is 11.4 Å². The molecule has 0 fully saturated rings. The minimum atomic E-state index is 0.673. The normalized spacial score (nSPS) is 9.87. The van der Waals surface area contributed by atoms with Gasteiger partial charge in [0.15, 0.2) is 0 Å². The van der Waals surface area contributed by atoms with E-state index >= 15 is 0 Å². The van der Waals surface area contributed by atoms with Gasteiger partial charge in [-0.15, -0.1) is 0 Å². The molecule has 0 unspecified atom stereocenters. The molecule has 2 rings (SSSR count). The lowest BCUT2D eigenvalue weighted by molar-refractivity contribution is 1.01.